The Hall–Kier alpha value is -0.610. The van der Waals surface area contributed by atoms with Gasteiger partial charge in [-0.1, -0.05) is 39.0 Å². The van der Waals surface area contributed by atoms with Crippen LogP contribution in [0.4, 0.5) is 0 Å². The minimum atomic E-state index is -0.651. The smallest absolute Gasteiger partial charge is 0.308 e. The molecule has 1 rings (SSSR count). The maximum absolute atomic E-state index is 11.6. The fraction of sp³-hybridized carbons (Fsp3) is 0.941. The Morgan fingerprint density at radius 1 is 1.19 bits per heavy atom. The summed E-state index contributed by atoms with van der Waals surface area (Å²) in [6.45, 7) is 7.92. The predicted octanol–water partition coefficient (Wildman–Crippen LogP) is 4.76. The Morgan fingerprint density at radius 3 is 2.48 bits per heavy atom. The Balaban J connectivity index is 2.24. The predicted molar refractivity (Wildman–Crippen MR) is 82.5 cm³/mol. The molecule has 1 aliphatic carbocycles. The summed E-state index contributed by atoms with van der Waals surface area (Å²) in [6.07, 6.45) is 9.03. The molecule has 0 aromatic rings. The van der Waals surface area contributed by atoms with Crippen molar-refractivity contribution in [3.05, 3.63) is 0 Å². The maximum Gasteiger partial charge on any atom is 0.308 e. The van der Waals surface area contributed by atoms with E-state index < -0.39 is 6.29 Å². The molecule has 4 nitrogen and oxygen atoms in total. The standard InChI is InChI=1S/C17H32O4/c1-5-6-8-13-16(18)19-14(2)20-21-17(3,4)15-11-9-7-10-12-15/h14-15H,5-13H2,1-4H3. The molecule has 0 bridgehead atoms. The van der Waals surface area contributed by atoms with E-state index in [2.05, 4.69) is 20.8 Å². The van der Waals surface area contributed by atoms with Crippen LogP contribution in [0.5, 0.6) is 0 Å². The summed E-state index contributed by atoms with van der Waals surface area (Å²) in [6, 6.07) is 0. The van der Waals surface area contributed by atoms with Gasteiger partial charge in [0.15, 0.2) is 0 Å². The summed E-state index contributed by atoms with van der Waals surface area (Å²) in [5.74, 6) is 0.300. The summed E-state index contributed by atoms with van der Waals surface area (Å²) >= 11 is 0. The van der Waals surface area contributed by atoms with E-state index in [1.54, 1.807) is 6.92 Å². The monoisotopic (exact) mass is 300 g/mol. The van der Waals surface area contributed by atoms with E-state index in [0.29, 0.717) is 12.3 Å². The van der Waals surface area contributed by atoms with Gasteiger partial charge < -0.3 is 4.74 Å². The number of carbonyl (C=O) groups is 1. The molecule has 1 fully saturated rings. The van der Waals surface area contributed by atoms with Gasteiger partial charge in [-0.05, 0) is 39.0 Å². The molecule has 0 radical (unpaired) electrons. The molecule has 1 atom stereocenters. The molecule has 0 aliphatic heterocycles. The fourth-order valence-corrected chi connectivity index (χ4v) is 2.84. The molecule has 1 aliphatic rings. The van der Waals surface area contributed by atoms with Crippen LogP contribution in [-0.4, -0.2) is 17.9 Å². The molecule has 21 heavy (non-hydrogen) atoms. The normalized spacial score (nSPS) is 18.5. The van der Waals surface area contributed by atoms with Crippen molar-refractivity contribution >= 4 is 5.97 Å². The topological polar surface area (TPSA) is 44.8 Å². The van der Waals surface area contributed by atoms with Crippen LogP contribution < -0.4 is 0 Å². The number of hydrogen-bond donors (Lipinski definition) is 0. The quantitative estimate of drug-likeness (QED) is 0.202. The van der Waals surface area contributed by atoms with Crippen molar-refractivity contribution in [1.29, 1.82) is 0 Å². The van der Waals surface area contributed by atoms with Gasteiger partial charge in [0.2, 0.25) is 6.29 Å². The van der Waals surface area contributed by atoms with E-state index in [-0.39, 0.29) is 11.6 Å². The number of ether oxygens (including phenoxy) is 1. The van der Waals surface area contributed by atoms with E-state index in [0.717, 1.165) is 19.3 Å². The van der Waals surface area contributed by atoms with Crippen molar-refractivity contribution < 1.29 is 19.3 Å². The summed E-state index contributed by atoms with van der Waals surface area (Å²) in [5.41, 5.74) is -0.330. The van der Waals surface area contributed by atoms with Crippen molar-refractivity contribution in [2.75, 3.05) is 0 Å². The average molecular weight is 300 g/mol. The molecule has 0 aromatic carbocycles. The zero-order valence-electron chi connectivity index (χ0n) is 14.2. The third kappa shape index (κ3) is 7.28. The van der Waals surface area contributed by atoms with E-state index >= 15 is 0 Å². The molecule has 0 amide bonds. The van der Waals surface area contributed by atoms with E-state index in [1.165, 1.54) is 32.1 Å². The molecule has 0 saturated heterocycles. The first-order valence-electron chi connectivity index (χ1n) is 8.49. The lowest BCUT2D eigenvalue weighted by Gasteiger charge is -2.35. The average Bonchev–Trinajstić information content (AvgIpc) is 2.46. The van der Waals surface area contributed by atoms with Crippen LogP contribution in [0, 0.1) is 5.92 Å². The first-order valence-corrected chi connectivity index (χ1v) is 8.49. The Labute approximate surface area is 129 Å². The van der Waals surface area contributed by atoms with Gasteiger partial charge in [0.1, 0.15) is 5.60 Å². The third-order valence-electron chi connectivity index (χ3n) is 4.27. The summed E-state index contributed by atoms with van der Waals surface area (Å²) in [7, 11) is 0. The Kier molecular flexibility index (Phi) is 8.27. The van der Waals surface area contributed by atoms with Crippen LogP contribution in [0.15, 0.2) is 0 Å². The second-order valence-electron chi connectivity index (χ2n) is 6.63. The van der Waals surface area contributed by atoms with E-state index in [9.17, 15) is 4.79 Å². The number of esters is 1. The van der Waals surface area contributed by atoms with E-state index in [1.807, 2.05) is 0 Å². The van der Waals surface area contributed by atoms with Crippen molar-refractivity contribution in [2.24, 2.45) is 5.92 Å². The van der Waals surface area contributed by atoms with Crippen LogP contribution in [0.1, 0.15) is 85.5 Å². The van der Waals surface area contributed by atoms with Gasteiger partial charge in [-0.25, -0.2) is 4.89 Å². The zero-order valence-corrected chi connectivity index (χ0v) is 14.2. The zero-order chi connectivity index (χ0) is 15.7. The van der Waals surface area contributed by atoms with Gasteiger partial charge in [0.05, 0.1) is 0 Å². The number of rotatable bonds is 9. The Morgan fingerprint density at radius 2 is 1.86 bits per heavy atom. The van der Waals surface area contributed by atoms with Crippen LogP contribution in [-0.2, 0) is 19.3 Å². The second kappa shape index (κ2) is 9.42. The van der Waals surface area contributed by atoms with Gasteiger partial charge in [0, 0.05) is 13.3 Å². The lowest BCUT2D eigenvalue weighted by Crippen LogP contribution is -2.37. The highest BCUT2D eigenvalue weighted by Crippen LogP contribution is 2.35. The lowest BCUT2D eigenvalue weighted by molar-refractivity contribution is -0.417. The maximum atomic E-state index is 11.6. The first kappa shape index (κ1) is 18.4. The molecule has 0 aromatic heterocycles. The van der Waals surface area contributed by atoms with Crippen molar-refractivity contribution in [3.63, 3.8) is 0 Å². The lowest BCUT2D eigenvalue weighted by atomic mass is 9.79. The highest BCUT2D eigenvalue weighted by atomic mass is 17.2. The minimum Gasteiger partial charge on any atom is -0.433 e. The van der Waals surface area contributed by atoms with Gasteiger partial charge >= 0.3 is 5.97 Å². The van der Waals surface area contributed by atoms with Gasteiger partial charge in [0.25, 0.3) is 0 Å². The van der Waals surface area contributed by atoms with Crippen LogP contribution >= 0.6 is 0 Å². The first-order chi connectivity index (χ1) is 9.95. The SMILES string of the molecule is CCCCCC(=O)OC(C)OOC(C)(C)C1CCCCC1. The van der Waals surface area contributed by atoms with Crippen LogP contribution in [0.3, 0.4) is 0 Å². The molecular weight excluding hydrogens is 268 g/mol. The van der Waals surface area contributed by atoms with Gasteiger partial charge in [-0.3, -0.25) is 4.79 Å². The van der Waals surface area contributed by atoms with Gasteiger partial charge in [-0.2, -0.15) is 4.89 Å². The minimum absolute atomic E-state index is 0.213. The second-order valence-corrected chi connectivity index (χ2v) is 6.63. The Bertz CT molecular complexity index is 295. The van der Waals surface area contributed by atoms with Gasteiger partial charge in [-0.15, -0.1) is 0 Å². The highest BCUT2D eigenvalue weighted by molar-refractivity contribution is 5.69. The van der Waals surface area contributed by atoms with Crippen molar-refractivity contribution in [2.45, 2.75) is 97.4 Å². The van der Waals surface area contributed by atoms with E-state index in [4.69, 9.17) is 14.5 Å². The molecule has 0 spiro atoms. The molecule has 1 unspecified atom stereocenters. The fourth-order valence-electron chi connectivity index (χ4n) is 2.84. The number of hydrogen-bond acceptors (Lipinski definition) is 4. The largest absolute Gasteiger partial charge is 0.433 e. The molecule has 4 heteroatoms. The van der Waals surface area contributed by atoms with Crippen molar-refractivity contribution in [1.82, 2.24) is 0 Å². The number of unbranched alkanes of at least 4 members (excludes halogenated alkanes) is 2. The highest BCUT2D eigenvalue weighted by Gasteiger charge is 2.33. The summed E-state index contributed by atoms with van der Waals surface area (Å²) < 4.78 is 5.19. The summed E-state index contributed by atoms with van der Waals surface area (Å²) in [5, 5.41) is 0. The van der Waals surface area contributed by atoms with Crippen molar-refractivity contribution in [3.8, 4) is 0 Å². The molecule has 0 heterocycles. The third-order valence-corrected chi connectivity index (χ3v) is 4.27. The summed E-state index contributed by atoms with van der Waals surface area (Å²) in [4.78, 5) is 22.5. The molecular formula is C17H32O4. The van der Waals surface area contributed by atoms with Crippen LogP contribution in [0.25, 0.3) is 0 Å². The number of carbonyl (C=O) groups excluding carboxylic acids is 1. The van der Waals surface area contributed by atoms with Crippen LogP contribution in [0.2, 0.25) is 0 Å². The molecule has 1 saturated carbocycles. The molecule has 124 valence electrons. The molecule has 0 N–H and O–H groups in total.